The van der Waals surface area contributed by atoms with Gasteiger partial charge in [0.25, 0.3) is 5.91 Å². The number of carbonyl (C=O) groups excluding carboxylic acids is 1. The van der Waals surface area contributed by atoms with Crippen molar-refractivity contribution in [2.45, 2.75) is 31.8 Å². The number of hydrogen-bond donors (Lipinski definition) is 2. The van der Waals surface area contributed by atoms with Gasteiger partial charge in [0.05, 0.1) is 0 Å². The average molecular weight is 221 g/mol. The van der Waals surface area contributed by atoms with Crippen molar-refractivity contribution in [1.82, 2.24) is 15.2 Å². The molecule has 1 aromatic rings. The van der Waals surface area contributed by atoms with Gasteiger partial charge >= 0.3 is 0 Å². The number of hydrogen-bond acceptors (Lipinski definition) is 2. The quantitative estimate of drug-likeness (QED) is 0.779. The van der Waals surface area contributed by atoms with Gasteiger partial charge < -0.3 is 15.2 Å². The minimum atomic E-state index is 0.0339. The monoisotopic (exact) mass is 221 g/mol. The first-order chi connectivity index (χ1) is 7.66. The Hall–Kier alpha value is -1.29. The highest BCUT2D eigenvalue weighted by Gasteiger charge is 2.20. The number of carbonyl (C=O) groups is 1. The minimum absolute atomic E-state index is 0.0339. The van der Waals surface area contributed by atoms with Crippen LogP contribution in [-0.2, 0) is 7.05 Å². The Bertz CT molecular complexity index is 372. The number of nitrogens with one attached hydrogen (secondary N) is 2. The van der Waals surface area contributed by atoms with Gasteiger partial charge in [0.1, 0.15) is 5.69 Å². The zero-order chi connectivity index (χ0) is 11.5. The van der Waals surface area contributed by atoms with Gasteiger partial charge in [-0.05, 0) is 38.4 Å². The van der Waals surface area contributed by atoms with Crippen LogP contribution in [0.5, 0.6) is 0 Å². The molecule has 2 atom stereocenters. The van der Waals surface area contributed by atoms with Gasteiger partial charge in [0, 0.05) is 25.3 Å². The highest BCUT2D eigenvalue weighted by atomic mass is 16.2. The number of amides is 1. The summed E-state index contributed by atoms with van der Waals surface area (Å²) in [4.78, 5) is 11.9. The summed E-state index contributed by atoms with van der Waals surface area (Å²) >= 11 is 0. The summed E-state index contributed by atoms with van der Waals surface area (Å²) in [7, 11) is 1.89. The van der Waals surface area contributed by atoms with Crippen molar-refractivity contribution in [3.8, 4) is 0 Å². The van der Waals surface area contributed by atoms with Crippen LogP contribution in [0, 0.1) is 0 Å². The van der Waals surface area contributed by atoms with Gasteiger partial charge in [-0.3, -0.25) is 4.79 Å². The second-order valence-corrected chi connectivity index (χ2v) is 4.55. The Morgan fingerprint density at radius 2 is 2.44 bits per heavy atom. The Morgan fingerprint density at radius 3 is 3.06 bits per heavy atom. The number of nitrogens with zero attached hydrogens (tertiary/aromatic N) is 1. The molecular formula is C12H19N3O. The second-order valence-electron chi connectivity index (χ2n) is 4.55. The van der Waals surface area contributed by atoms with Crippen LogP contribution in [0.2, 0.25) is 0 Å². The SMILES string of the molecule is CC1CC(NC(=O)c2cccn2C)CCN1. The molecule has 1 fully saturated rings. The largest absolute Gasteiger partial charge is 0.348 e. The van der Waals surface area contributed by atoms with E-state index >= 15 is 0 Å². The van der Waals surface area contributed by atoms with E-state index in [1.165, 1.54) is 0 Å². The lowest BCUT2D eigenvalue weighted by Gasteiger charge is -2.28. The molecule has 2 unspecified atom stereocenters. The molecular weight excluding hydrogens is 202 g/mol. The van der Waals surface area contributed by atoms with Crippen LogP contribution >= 0.6 is 0 Å². The molecule has 4 nitrogen and oxygen atoms in total. The predicted octanol–water partition coefficient (Wildman–Crippen LogP) is 0.895. The van der Waals surface area contributed by atoms with E-state index in [0.717, 1.165) is 25.1 Å². The molecule has 0 spiro atoms. The van der Waals surface area contributed by atoms with Crippen LogP contribution in [-0.4, -0.2) is 29.1 Å². The molecule has 2 N–H and O–H groups in total. The lowest BCUT2D eigenvalue weighted by atomic mass is 10.0. The van der Waals surface area contributed by atoms with E-state index in [1.54, 1.807) is 0 Å². The van der Waals surface area contributed by atoms with Crippen LogP contribution in [0.15, 0.2) is 18.3 Å². The predicted molar refractivity (Wildman–Crippen MR) is 63.4 cm³/mol. The molecule has 16 heavy (non-hydrogen) atoms. The smallest absolute Gasteiger partial charge is 0.268 e. The first kappa shape index (κ1) is 11.2. The van der Waals surface area contributed by atoms with Gasteiger partial charge in [0.2, 0.25) is 0 Å². The van der Waals surface area contributed by atoms with Gasteiger partial charge in [-0.1, -0.05) is 0 Å². The normalized spacial score (nSPS) is 25.4. The topological polar surface area (TPSA) is 46.1 Å². The van der Waals surface area contributed by atoms with Crippen molar-refractivity contribution in [2.75, 3.05) is 6.54 Å². The molecule has 0 saturated carbocycles. The average Bonchev–Trinajstić information content (AvgIpc) is 2.64. The summed E-state index contributed by atoms with van der Waals surface area (Å²) in [5.74, 6) is 0.0339. The third-order valence-corrected chi connectivity index (χ3v) is 3.14. The Morgan fingerprint density at radius 1 is 1.62 bits per heavy atom. The van der Waals surface area contributed by atoms with Gasteiger partial charge in [0.15, 0.2) is 0 Å². The molecule has 1 amide bonds. The fourth-order valence-electron chi connectivity index (χ4n) is 2.22. The van der Waals surface area contributed by atoms with E-state index in [-0.39, 0.29) is 5.91 Å². The maximum absolute atomic E-state index is 11.9. The molecule has 4 heteroatoms. The summed E-state index contributed by atoms with van der Waals surface area (Å²) in [6.07, 6.45) is 3.91. The summed E-state index contributed by atoms with van der Waals surface area (Å²) in [5, 5.41) is 6.47. The molecule has 0 aliphatic carbocycles. The number of rotatable bonds is 2. The highest BCUT2D eigenvalue weighted by molar-refractivity contribution is 5.92. The molecule has 2 rings (SSSR count). The number of piperidine rings is 1. The van der Waals surface area contributed by atoms with Crippen LogP contribution in [0.25, 0.3) is 0 Å². The summed E-state index contributed by atoms with van der Waals surface area (Å²) in [6, 6.07) is 4.53. The highest BCUT2D eigenvalue weighted by Crippen LogP contribution is 2.09. The Labute approximate surface area is 96.0 Å². The molecule has 0 radical (unpaired) electrons. The van der Waals surface area contributed by atoms with E-state index in [9.17, 15) is 4.79 Å². The zero-order valence-corrected chi connectivity index (χ0v) is 9.86. The van der Waals surface area contributed by atoms with Crippen molar-refractivity contribution >= 4 is 5.91 Å². The van der Waals surface area contributed by atoms with Crippen molar-refractivity contribution in [3.05, 3.63) is 24.0 Å². The molecule has 0 aromatic carbocycles. The van der Waals surface area contributed by atoms with E-state index < -0.39 is 0 Å². The zero-order valence-electron chi connectivity index (χ0n) is 9.86. The third kappa shape index (κ3) is 2.44. The van der Waals surface area contributed by atoms with Crippen molar-refractivity contribution < 1.29 is 4.79 Å². The first-order valence-electron chi connectivity index (χ1n) is 5.82. The van der Waals surface area contributed by atoms with E-state index in [1.807, 2.05) is 29.9 Å². The van der Waals surface area contributed by atoms with Crippen LogP contribution in [0.3, 0.4) is 0 Å². The van der Waals surface area contributed by atoms with Crippen molar-refractivity contribution in [1.29, 1.82) is 0 Å². The van der Waals surface area contributed by atoms with Crippen LogP contribution in [0.4, 0.5) is 0 Å². The third-order valence-electron chi connectivity index (χ3n) is 3.14. The lowest BCUT2D eigenvalue weighted by molar-refractivity contribution is 0.0917. The molecule has 88 valence electrons. The number of aromatic nitrogens is 1. The van der Waals surface area contributed by atoms with Crippen LogP contribution in [0.1, 0.15) is 30.3 Å². The van der Waals surface area contributed by atoms with E-state index in [0.29, 0.717) is 12.1 Å². The van der Waals surface area contributed by atoms with Gasteiger partial charge in [-0.15, -0.1) is 0 Å². The molecule has 1 aliphatic heterocycles. The number of aryl methyl sites for hydroxylation is 1. The first-order valence-corrected chi connectivity index (χ1v) is 5.82. The maximum Gasteiger partial charge on any atom is 0.268 e. The standard InChI is InChI=1S/C12H19N3O/c1-9-8-10(5-6-13-9)14-12(16)11-4-3-7-15(11)2/h3-4,7,9-10,13H,5-6,8H2,1-2H3,(H,14,16). The minimum Gasteiger partial charge on any atom is -0.348 e. The second kappa shape index (κ2) is 4.70. The molecule has 1 aliphatic rings. The van der Waals surface area contributed by atoms with Crippen molar-refractivity contribution in [3.63, 3.8) is 0 Å². The van der Waals surface area contributed by atoms with Gasteiger partial charge in [-0.25, -0.2) is 0 Å². The molecule has 1 aromatic heterocycles. The maximum atomic E-state index is 11.9. The molecule has 0 bridgehead atoms. The molecule has 1 saturated heterocycles. The van der Waals surface area contributed by atoms with E-state index in [2.05, 4.69) is 17.6 Å². The Kier molecular flexibility index (Phi) is 3.29. The van der Waals surface area contributed by atoms with Crippen molar-refractivity contribution in [2.24, 2.45) is 7.05 Å². The fourth-order valence-corrected chi connectivity index (χ4v) is 2.22. The fraction of sp³-hybridized carbons (Fsp3) is 0.583. The van der Waals surface area contributed by atoms with E-state index in [4.69, 9.17) is 0 Å². The summed E-state index contributed by atoms with van der Waals surface area (Å²) in [6.45, 7) is 3.14. The van der Waals surface area contributed by atoms with Crippen LogP contribution < -0.4 is 10.6 Å². The lowest BCUT2D eigenvalue weighted by Crippen LogP contribution is -2.46. The summed E-state index contributed by atoms with van der Waals surface area (Å²) < 4.78 is 1.85. The molecule has 2 heterocycles. The van der Waals surface area contributed by atoms with Gasteiger partial charge in [-0.2, -0.15) is 0 Å². The Balaban J connectivity index is 1.95. The summed E-state index contributed by atoms with van der Waals surface area (Å²) in [5.41, 5.74) is 0.728.